The monoisotopic (exact) mass is 276 g/mol. The van der Waals surface area contributed by atoms with E-state index in [0.717, 1.165) is 12.2 Å². The highest BCUT2D eigenvalue weighted by Crippen LogP contribution is 2.40. The Hall–Kier alpha value is -0.980. The Kier molecular flexibility index (Phi) is 5.29. The maximum absolute atomic E-state index is 6.18. The summed E-state index contributed by atoms with van der Waals surface area (Å²) >= 11 is 0. The van der Waals surface area contributed by atoms with Gasteiger partial charge in [0.05, 0.1) is 6.10 Å². The van der Waals surface area contributed by atoms with Gasteiger partial charge in [0, 0.05) is 5.56 Å². The fourth-order valence-electron chi connectivity index (χ4n) is 2.95. The second kappa shape index (κ2) is 6.20. The molecule has 0 bridgehead atoms. The number of rotatable bonds is 4. The highest BCUT2D eigenvalue weighted by Gasteiger charge is 2.24. The van der Waals surface area contributed by atoms with Crippen LogP contribution in [0.25, 0.3) is 0 Å². The smallest absolute Gasteiger partial charge is 0.126 e. The number of ether oxygens (including phenoxy) is 1. The second-order valence-electron chi connectivity index (χ2n) is 7.38. The molecule has 0 amide bonds. The largest absolute Gasteiger partial charge is 0.490 e. The van der Waals surface area contributed by atoms with Crippen LogP contribution in [0.3, 0.4) is 0 Å². The van der Waals surface area contributed by atoms with Crippen molar-refractivity contribution in [1.29, 1.82) is 0 Å². The van der Waals surface area contributed by atoms with Crippen molar-refractivity contribution in [2.75, 3.05) is 0 Å². The van der Waals surface area contributed by atoms with Crippen LogP contribution in [0.4, 0.5) is 0 Å². The van der Waals surface area contributed by atoms with Crippen LogP contribution >= 0.6 is 0 Å². The average Bonchev–Trinajstić information content (AvgIpc) is 2.26. The first-order valence-electron chi connectivity index (χ1n) is 7.93. The zero-order chi connectivity index (χ0) is 15.7. The zero-order valence-electron chi connectivity index (χ0n) is 14.8. The molecule has 0 aliphatic rings. The van der Waals surface area contributed by atoms with Crippen LogP contribution in [0.1, 0.15) is 83.6 Å². The van der Waals surface area contributed by atoms with E-state index in [0.29, 0.717) is 5.92 Å². The third-order valence-electron chi connectivity index (χ3n) is 3.78. The first-order valence-corrected chi connectivity index (χ1v) is 7.93. The molecular formula is C19H32O. The molecule has 1 aromatic rings. The Morgan fingerprint density at radius 3 is 2.00 bits per heavy atom. The predicted molar refractivity (Wildman–Crippen MR) is 89.1 cm³/mol. The van der Waals surface area contributed by atoms with Crippen molar-refractivity contribution in [2.24, 2.45) is 0 Å². The topological polar surface area (TPSA) is 9.23 Å². The minimum Gasteiger partial charge on any atom is -0.490 e. The predicted octanol–water partition coefficient (Wildman–Crippen LogP) is 5.77. The van der Waals surface area contributed by atoms with Crippen molar-refractivity contribution in [3.05, 3.63) is 28.3 Å². The van der Waals surface area contributed by atoms with Crippen molar-refractivity contribution >= 4 is 0 Å². The van der Waals surface area contributed by atoms with E-state index in [4.69, 9.17) is 4.74 Å². The summed E-state index contributed by atoms with van der Waals surface area (Å²) in [6.07, 6.45) is 1.24. The van der Waals surface area contributed by atoms with Crippen LogP contribution in [0.5, 0.6) is 5.75 Å². The minimum absolute atomic E-state index is 0.175. The van der Waals surface area contributed by atoms with E-state index in [1.807, 2.05) is 0 Å². The summed E-state index contributed by atoms with van der Waals surface area (Å²) in [4.78, 5) is 0. The van der Waals surface area contributed by atoms with Crippen LogP contribution in [0.2, 0.25) is 0 Å². The summed E-state index contributed by atoms with van der Waals surface area (Å²) in [5.41, 5.74) is 5.77. The zero-order valence-corrected chi connectivity index (χ0v) is 14.8. The van der Waals surface area contributed by atoms with Gasteiger partial charge < -0.3 is 4.74 Å². The molecule has 0 atom stereocenters. The molecule has 0 unspecified atom stereocenters. The van der Waals surface area contributed by atoms with E-state index < -0.39 is 0 Å². The van der Waals surface area contributed by atoms with Crippen LogP contribution in [-0.4, -0.2) is 6.10 Å². The molecule has 0 radical (unpaired) electrons. The Morgan fingerprint density at radius 2 is 1.65 bits per heavy atom. The minimum atomic E-state index is 0.175. The molecule has 1 rings (SSSR count). The molecule has 0 N–H and O–H groups in total. The number of benzene rings is 1. The van der Waals surface area contributed by atoms with Gasteiger partial charge in [-0.05, 0) is 55.2 Å². The quantitative estimate of drug-likeness (QED) is 0.678. The highest BCUT2D eigenvalue weighted by atomic mass is 16.5. The van der Waals surface area contributed by atoms with Gasteiger partial charge in [-0.2, -0.15) is 0 Å². The maximum Gasteiger partial charge on any atom is 0.126 e. The van der Waals surface area contributed by atoms with Gasteiger partial charge in [-0.25, -0.2) is 0 Å². The van der Waals surface area contributed by atoms with Crippen molar-refractivity contribution in [1.82, 2.24) is 0 Å². The summed E-state index contributed by atoms with van der Waals surface area (Å²) in [5.74, 6) is 1.61. The Labute approximate surface area is 125 Å². The molecule has 0 heterocycles. The van der Waals surface area contributed by atoms with Gasteiger partial charge in [0.1, 0.15) is 5.75 Å². The van der Waals surface area contributed by atoms with E-state index in [2.05, 4.69) is 68.4 Å². The third kappa shape index (κ3) is 3.56. The SMILES string of the molecule is CCc1cc(C(C)(C)C)c(C)c(C(C)C)c1OC(C)C. The number of hydrogen-bond donors (Lipinski definition) is 0. The van der Waals surface area contributed by atoms with E-state index in [9.17, 15) is 0 Å². The molecule has 0 fully saturated rings. The molecule has 0 aromatic heterocycles. The van der Waals surface area contributed by atoms with Gasteiger partial charge in [0.15, 0.2) is 0 Å². The van der Waals surface area contributed by atoms with Gasteiger partial charge >= 0.3 is 0 Å². The van der Waals surface area contributed by atoms with Gasteiger partial charge in [0.2, 0.25) is 0 Å². The van der Waals surface area contributed by atoms with Crippen LogP contribution in [0, 0.1) is 6.92 Å². The lowest BCUT2D eigenvalue weighted by molar-refractivity contribution is 0.236. The molecule has 20 heavy (non-hydrogen) atoms. The van der Waals surface area contributed by atoms with Gasteiger partial charge in [0.25, 0.3) is 0 Å². The molecule has 0 saturated carbocycles. The molecule has 0 spiro atoms. The van der Waals surface area contributed by atoms with Crippen molar-refractivity contribution in [3.63, 3.8) is 0 Å². The maximum atomic E-state index is 6.18. The Morgan fingerprint density at radius 1 is 1.10 bits per heavy atom. The fourth-order valence-corrected chi connectivity index (χ4v) is 2.95. The van der Waals surface area contributed by atoms with E-state index in [-0.39, 0.29) is 11.5 Å². The van der Waals surface area contributed by atoms with Crippen molar-refractivity contribution in [2.45, 2.75) is 86.2 Å². The molecule has 1 heteroatoms. The second-order valence-corrected chi connectivity index (χ2v) is 7.38. The lowest BCUT2D eigenvalue weighted by Gasteiger charge is -2.29. The number of aryl methyl sites for hydroxylation is 1. The first-order chi connectivity index (χ1) is 9.09. The van der Waals surface area contributed by atoms with Crippen LogP contribution in [-0.2, 0) is 11.8 Å². The number of hydrogen-bond acceptors (Lipinski definition) is 1. The normalized spacial score (nSPS) is 12.3. The Balaban J connectivity index is 3.63. The van der Waals surface area contributed by atoms with Gasteiger partial charge in [-0.3, -0.25) is 0 Å². The van der Waals surface area contributed by atoms with E-state index in [1.165, 1.54) is 22.3 Å². The Bertz CT molecular complexity index is 462. The third-order valence-corrected chi connectivity index (χ3v) is 3.78. The summed E-state index contributed by atoms with van der Waals surface area (Å²) in [6, 6.07) is 2.36. The molecule has 0 aliphatic carbocycles. The van der Waals surface area contributed by atoms with E-state index in [1.54, 1.807) is 0 Å². The summed E-state index contributed by atoms with van der Waals surface area (Å²) in [5, 5.41) is 0. The average molecular weight is 276 g/mol. The van der Waals surface area contributed by atoms with Crippen LogP contribution < -0.4 is 4.74 Å². The lowest BCUT2D eigenvalue weighted by atomic mass is 9.79. The van der Waals surface area contributed by atoms with Gasteiger partial charge in [-0.15, -0.1) is 0 Å². The molecular weight excluding hydrogens is 244 g/mol. The van der Waals surface area contributed by atoms with E-state index >= 15 is 0 Å². The summed E-state index contributed by atoms with van der Waals surface area (Å²) < 4.78 is 6.18. The lowest BCUT2D eigenvalue weighted by Crippen LogP contribution is -2.18. The molecule has 0 aliphatic heterocycles. The summed E-state index contributed by atoms with van der Waals surface area (Å²) in [7, 11) is 0. The first kappa shape index (κ1) is 17.1. The summed E-state index contributed by atoms with van der Waals surface area (Å²) in [6.45, 7) is 20.1. The standard InChI is InChI=1S/C19H32O/c1-10-15-11-16(19(7,8)9)14(6)17(12(2)3)18(15)20-13(4)5/h11-13H,10H2,1-9H3. The highest BCUT2D eigenvalue weighted by molar-refractivity contribution is 5.53. The molecule has 1 nitrogen and oxygen atoms in total. The molecule has 0 saturated heterocycles. The van der Waals surface area contributed by atoms with Crippen molar-refractivity contribution < 1.29 is 4.74 Å². The fraction of sp³-hybridized carbons (Fsp3) is 0.684. The van der Waals surface area contributed by atoms with Gasteiger partial charge in [-0.1, -0.05) is 47.6 Å². The molecule has 114 valence electrons. The molecule has 1 aromatic carbocycles. The van der Waals surface area contributed by atoms with Crippen LogP contribution in [0.15, 0.2) is 6.07 Å². The van der Waals surface area contributed by atoms with Crippen molar-refractivity contribution in [3.8, 4) is 5.75 Å².